The van der Waals surface area contributed by atoms with Gasteiger partial charge < -0.3 is 31.5 Å². The summed E-state index contributed by atoms with van der Waals surface area (Å²) in [7, 11) is 0. The van der Waals surface area contributed by atoms with Crippen LogP contribution in [0.4, 0.5) is 0 Å². The Morgan fingerprint density at radius 3 is 2.57 bits per heavy atom. The Bertz CT molecular complexity index is 1530. The Kier molecular flexibility index (Phi) is 12.8. The quantitative estimate of drug-likeness (QED) is 0.0917. The zero-order valence-corrected chi connectivity index (χ0v) is 29.4. The molecule has 4 atom stereocenters. The molecule has 266 valence electrons. The van der Waals surface area contributed by atoms with Gasteiger partial charge in [-0.2, -0.15) is 0 Å². The van der Waals surface area contributed by atoms with Gasteiger partial charge in [-0.3, -0.25) is 14.7 Å². The van der Waals surface area contributed by atoms with Crippen molar-refractivity contribution in [3.8, 4) is 11.5 Å². The monoisotopic (exact) mass is 673 g/mol. The zero-order chi connectivity index (χ0) is 35.0. The van der Waals surface area contributed by atoms with Crippen LogP contribution in [0.25, 0.3) is 0 Å². The number of rotatable bonds is 19. The summed E-state index contributed by atoms with van der Waals surface area (Å²) in [6.07, 6.45) is 12.6. The van der Waals surface area contributed by atoms with E-state index in [1.807, 2.05) is 25.1 Å². The first-order valence-corrected chi connectivity index (χ1v) is 18.4. The van der Waals surface area contributed by atoms with Crippen LogP contribution >= 0.6 is 0 Å². The topological polar surface area (TPSA) is 156 Å². The second kappa shape index (κ2) is 17.1. The number of aromatic hydroxyl groups is 1. The minimum absolute atomic E-state index is 0.0183. The predicted octanol–water partition coefficient (Wildman–Crippen LogP) is 4.89. The molecule has 1 fully saturated rings. The number of fused-ring (bicyclic) bond motifs is 1. The van der Waals surface area contributed by atoms with E-state index in [-0.39, 0.29) is 29.8 Å². The molecular formula is C40H57N4O5+. The molecule has 0 spiro atoms. The van der Waals surface area contributed by atoms with E-state index in [1.54, 1.807) is 6.07 Å². The first-order chi connectivity index (χ1) is 23.6. The molecule has 9 nitrogen and oxygen atoms in total. The number of carbonyl (C=O) groups is 1. The number of phenolic OH excluding ortho intramolecular Hbond substituents is 1. The Balaban J connectivity index is 1.22. The normalized spacial score (nSPS) is 20.1. The average molecular weight is 674 g/mol. The van der Waals surface area contributed by atoms with Crippen molar-refractivity contribution in [2.24, 2.45) is 22.4 Å². The maximum atomic E-state index is 13.4. The van der Waals surface area contributed by atoms with E-state index in [0.29, 0.717) is 31.7 Å². The molecule has 0 aromatic heterocycles. The van der Waals surface area contributed by atoms with Crippen LogP contribution in [-0.2, 0) is 16.6 Å². The van der Waals surface area contributed by atoms with Crippen LogP contribution in [0.2, 0.25) is 0 Å². The molecule has 0 bridgehead atoms. The van der Waals surface area contributed by atoms with Crippen LogP contribution < -0.4 is 21.1 Å². The highest BCUT2D eigenvalue weighted by Crippen LogP contribution is 2.49. The number of ketones is 1. The van der Waals surface area contributed by atoms with E-state index >= 15 is 0 Å². The number of hydrogen-bond donors (Lipinski definition) is 6. The van der Waals surface area contributed by atoms with Gasteiger partial charge in [-0.25, -0.2) is 0 Å². The molecule has 49 heavy (non-hydrogen) atoms. The van der Waals surface area contributed by atoms with Gasteiger partial charge in [0.25, 0.3) is 0 Å². The minimum Gasteiger partial charge on any atom is -0.504 e. The molecule has 3 aliphatic rings. The molecule has 4 unspecified atom stereocenters. The first kappa shape index (κ1) is 36.9. The van der Waals surface area contributed by atoms with E-state index in [2.05, 4.69) is 37.5 Å². The number of Topliss-reactive ketones (excluding diaryl/α,β-unsaturated/α-hetero) is 1. The summed E-state index contributed by atoms with van der Waals surface area (Å²) in [6.45, 7) is 5.18. The van der Waals surface area contributed by atoms with Crippen LogP contribution in [0.1, 0.15) is 114 Å². The smallest absolute Gasteiger partial charge is 0.227 e. The number of aliphatic hydroxyl groups is 2. The number of allylic oxidation sites excluding steroid dienone is 1. The van der Waals surface area contributed by atoms with Crippen molar-refractivity contribution in [2.45, 2.75) is 121 Å². The van der Waals surface area contributed by atoms with Gasteiger partial charge in [-0.1, -0.05) is 82.7 Å². The summed E-state index contributed by atoms with van der Waals surface area (Å²) < 4.78 is 6.18. The van der Waals surface area contributed by atoms with Gasteiger partial charge in [0, 0.05) is 29.5 Å². The standard InChI is InChI=1S/C40H56N4O5/c1-3-5-6-13-31(37(48)22-30(45)10-4-2)35(46)16-14-27-15-17-36(47)38(20-27)49-26-44-24-32-33(23-43-34(32)25-44)40(18-7-8-19-40)29-12-9-11-28(21-29)39(41)42/h9,11-12,15,17,20-21,23,25,30-31,37,39,45,47-48H,3-8,10,13-14,16,18-19,22,24,26,41-42H2,1-2H3/p+1. The number of nitrogens with zero attached hydrogens (tertiary/aromatic N) is 1. The number of quaternary nitrogens is 1. The zero-order valence-electron chi connectivity index (χ0n) is 29.4. The van der Waals surface area contributed by atoms with Crippen LogP contribution in [-0.4, -0.2) is 52.8 Å². The van der Waals surface area contributed by atoms with Crippen molar-refractivity contribution in [3.63, 3.8) is 0 Å². The number of aryl methyl sites for hydroxylation is 1. The van der Waals surface area contributed by atoms with Gasteiger partial charge in [0.15, 0.2) is 11.5 Å². The van der Waals surface area contributed by atoms with E-state index < -0.39 is 24.3 Å². The van der Waals surface area contributed by atoms with Crippen molar-refractivity contribution in [1.29, 1.82) is 0 Å². The largest absolute Gasteiger partial charge is 0.504 e. The van der Waals surface area contributed by atoms with Crippen molar-refractivity contribution in [2.75, 3.05) is 13.3 Å². The molecular weight excluding hydrogens is 616 g/mol. The van der Waals surface area contributed by atoms with E-state index in [4.69, 9.17) is 21.2 Å². The number of phenols is 1. The maximum Gasteiger partial charge on any atom is 0.227 e. The molecule has 9 heteroatoms. The number of benzene rings is 2. The lowest BCUT2D eigenvalue weighted by Crippen LogP contribution is -3.07. The van der Waals surface area contributed by atoms with Gasteiger partial charge in [-0.15, -0.1) is 0 Å². The number of nitrogens with two attached hydrogens (primary N) is 2. The molecule has 5 rings (SSSR count). The van der Waals surface area contributed by atoms with E-state index in [0.717, 1.165) is 79.6 Å². The number of unbranched alkanes of at least 4 members (excludes halogenated alkanes) is 2. The van der Waals surface area contributed by atoms with Crippen molar-refractivity contribution in [3.05, 3.63) is 82.2 Å². The summed E-state index contributed by atoms with van der Waals surface area (Å²) in [5, 5.41) is 31.8. The molecule has 0 saturated heterocycles. The van der Waals surface area contributed by atoms with Gasteiger partial charge in [-0.05, 0) is 72.9 Å². The summed E-state index contributed by atoms with van der Waals surface area (Å²) in [6, 6.07) is 13.6. The number of nitrogens with one attached hydrogen (secondary N) is 1. The fraction of sp³-hybridized carbons (Fsp3) is 0.550. The van der Waals surface area contributed by atoms with Gasteiger partial charge in [0.05, 0.1) is 18.4 Å². The number of aliphatic hydroxyl groups excluding tert-OH is 2. The molecule has 1 saturated carbocycles. The molecule has 2 aromatic rings. The van der Waals surface area contributed by atoms with E-state index in [1.165, 1.54) is 16.7 Å². The van der Waals surface area contributed by atoms with Crippen molar-refractivity contribution < 1.29 is 29.8 Å². The number of hydrogen-bond acceptors (Lipinski definition) is 8. The molecule has 8 N–H and O–H groups in total. The highest BCUT2D eigenvalue weighted by atomic mass is 16.5. The number of aliphatic imine (C=N–C) groups is 1. The molecule has 0 amide bonds. The minimum atomic E-state index is -0.848. The van der Waals surface area contributed by atoms with Crippen molar-refractivity contribution >= 4 is 12.0 Å². The number of ether oxygens (including phenoxy) is 1. The van der Waals surface area contributed by atoms with Gasteiger partial charge >= 0.3 is 0 Å². The highest BCUT2D eigenvalue weighted by Gasteiger charge is 2.44. The summed E-state index contributed by atoms with van der Waals surface area (Å²) in [5.41, 5.74) is 18.6. The summed E-state index contributed by atoms with van der Waals surface area (Å²) in [5.74, 6) is -0.0236. The molecule has 2 aromatic carbocycles. The molecule has 1 aliphatic carbocycles. The molecule has 0 radical (unpaired) electrons. The Morgan fingerprint density at radius 2 is 1.84 bits per heavy atom. The Morgan fingerprint density at radius 1 is 1.04 bits per heavy atom. The van der Waals surface area contributed by atoms with Crippen LogP contribution in [0, 0.1) is 5.92 Å². The Labute approximate surface area is 291 Å². The van der Waals surface area contributed by atoms with Gasteiger partial charge in [0.2, 0.25) is 6.73 Å². The Hall–Kier alpha value is -3.34. The van der Waals surface area contributed by atoms with Crippen LogP contribution in [0.3, 0.4) is 0 Å². The third kappa shape index (κ3) is 8.88. The lowest BCUT2D eigenvalue weighted by Gasteiger charge is -2.32. The second-order valence-electron chi connectivity index (χ2n) is 14.4. The fourth-order valence-electron chi connectivity index (χ4n) is 7.98. The lowest BCUT2D eigenvalue weighted by molar-refractivity contribution is -0.855. The van der Waals surface area contributed by atoms with Crippen LogP contribution in [0.5, 0.6) is 11.5 Å². The average Bonchev–Trinajstić information content (AvgIpc) is 3.83. The highest BCUT2D eigenvalue weighted by molar-refractivity contribution is 5.90. The molecule has 2 aliphatic heterocycles. The van der Waals surface area contributed by atoms with E-state index in [9.17, 15) is 20.1 Å². The maximum absolute atomic E-state index is 13.4. The third-order valence-electron chi connectivity index (χ3n) is 10.7. The second-order valence-corrected chi connectivity index (χ2v) is 14.4. The third-order valence-corrected chi connectivity index (χ3v) is 10.7. The van der Waals surface area contributed by atoms with Gasteiger partial charge in [0.1, 0.15) is 24.2 Å². The summed E-state index contributed by atoms with van der Waals surface area (Å²) >= 11 is 0. The first-order valence-electron chi connectivity index (χ1n) is 18.4. The van der Waals surface area contributed by atoms with Crippen LogP contribution in [0.15, 0.2) is 70.5 Å². The fourth-order valence-corrected chi connectivity index (χ4v) is 7.98. The summed E-state index contributed by atoms with van der Waals surface area (Å²) in [4.78, 5) is 19.3. The van der Waals surface area contributed by atoms with Crippen molar-refractivity contribution in [1.82, 2.24) is 0 Å². The SMILES string of the molecule is CCCCCC(C(=O)CCc1ccc(O)c(OC[NH+]2C=C3N=CC(C4(c5cccc(C(N)N)c5)CCCC4)=C3C2)c1)C(O)CC(O)CCC. The number of carbonyl (C=O) groups excluding carboxylic acids is 1. The lowest BCUT2D eigenvalue weighted by atomic mass is 9.71. The molecule has 2 heterocycles. The predicted molar refractivity (Wildman–Crippen MR) is 193 cm³/mol.